The van der Waals surface area contributed by atoms with Crippen molar-refractivity contribution in [3.05, 3.63) is 45.5 Å². The Kier molecular flexibility index (Phi) is 4.96. The van der Waals surface area contributed by atoms with E-state index in [2.05, 4.69) is 31.2 Å². The van der Waals surface area contributed by atoms with Crippen LogP contribution in [0.3, 0.4) is 0 Å². The van der Waals surface area contributed by atoms with E-state index in [1.54, 1.807) is 18.4 Å². The fourth-order valence-electron chi connectivity index (χ4n) is 2.20. The van der Waals surface area contributed by atoms with Gasteiger partial charge in [-0.3, -0.25) is 14.9 Å². The number of carbonyl (C=O) groups is 2. The van der Waals surface area contributed by atoms with E-state index >= 15 is 0 Å². The Morgan fingerprint density at radius 1 is 1.38 bits per heavy atom. The molecule has 2 aromatic heterocycles. The Morgan fingerprint density at radius 2 is 2.21 bits per heavy atom. The summed E-state index contributed by atoms with van der Waals surface area (Å²) in [5.41, 5.74) is 1.91. The molecule has 0 radical (unpaired) electrons. The smallest absolute Gasteiger partial charge is 0.311 e. The Hall–Kier alpha value is -2.19. The molecule has 3 aromatic rings. The number of hydrogen-bond acceptors (Lipinski definition) is 5. The minimum atomic E-state index is -0.332. The third-order valence-corrected chi connectivity index (χ3v) is 4.53. The molecule has 0 spiro atoms. The number of anilines is 1. The highest BCUT2D eigenvalue weighted by Crippen LogP contribution is 2.22. The van der Waals surface area contributed by atoms with Gasteiger partial charge < -0.3 is 9.72 Å². The number of benzene rings is 1. The van der Waals surface area contributed by atoms with E-state index in [0.717, 1.165) is 15.4 Å². The zero-order chi connectivity index (χ0) is 17.1. The first-order valence-electron chi connectivity index (χ1n) is 7.25. The van der Waals surface area contributed by atoms with Crippen LogP contribution < -0.4 is 5.32 Å². The van der Waals surface area contributed by atoms with Crippen LogP contribution in [0.15, 0.2) is 34.1 Å². The van der Waals surface area contributed by atoms with Crippen molar-refractivity contribution in [2.45, 2.75) is 13.3 Å². The van der Waals surface area contributed by atoms with Crippen LogP contribution in [0.4, 0.5) is 5.13 Å². The van der Waals surface area contributed by atoms with Crippen LogP contribution in [0.1, 0.15) is 23.1 Å². The zero-order valence-electron chi connectivity index (χ0n) is 12.8. The van der Waals surface area contributed by atoms with Crippen LogP contribution in [-0.4, -0.2) is 28.5 Å². The Labute approximate surface area is 150 Å². The predicted octanol–water partition coefficient (Wildman–Crippen LogP) is 3.74. The number of amides is 1. The first kappa shape index (κ1) is 16.7. The number of esters is 1. The van der Waals surface area contributed by atoms with Crippen LogP contribution >= 0.6 is 27.3 Å². The van der Waals surface area contributed by atoms with Gasteiger partial charge in [-0.25, -0.2) is 4.98 Å². The van der Waals surface area contributed by atoms with Gasteiger partial charge in [-0.2, -0.15) is 0 Å². The number of H-pyrrole nitrogens is 1. The summed E-state index contributed by atoms with van der Waals surface area (Å²) in [4.78, 5) is 31.1. The van der Waals surface area contributed by atoms with Crippen LogP contribution in [0.25, 0.3) is 10.9 Å². The summed E-state index contributed by atoms with van der Waals surface area (Å²) in [7, 11) is 0. The molecule has 1 amide bonds. The summed E-state index contributed by atoms with van der Waals surface area (Å²) in [6, 6.07) is 7.52. The average Bonchev–Trinajstić information content (AvgIpc) is 3.13. The molecule has 1 aromatic carbocycles. The maximum Gasteiger partial charge on any atom is 0.311 e. The van der Waals surface area contributed by atoms with E-state index in [4.69, 9.17) is 4.74 Å². The summed E-state index contributed by atoms with van der Waals surface area (Å²) in [5, 5.41) is 5.85. The van der Waals surface area contributed by atoms with Gasteiger partial charge in [0.2, 0.25) is 0 Å². The van der Waals surface area contributed by atoms with Crippen molar-refractivity contribution in [1.82, 2.24) is 9.97 Å². The molecule has 0 fully saturated rings. The quantitative estimate of drug-likeness (QED) is 0.630. The van der Waals surface area contributed by atoms with Gasteiger partial charge in [-0.1, -0.05) is 15.9 Å². The molecule has 24 heavy (non-hydrogen) atoms. The molecule has 3 rings (SSSR count). The highest BCUT2D eigenvalue weighted by atomic mass is 79.9. The fourth-order valence-corrected chi connectivity index (χ4v) is 3.28. The molecule has 0 saturated carbocycles. The zero-order valence-corrected chi connectivity index (χ0v) is 15.2. The molecule has 2 N–H and O–H groups in total. The second kappa shape index (κ2) is 7.14. The minimum Gasteiger partial charge on any atom is -0.466 e. The largest absolute Gasteiger partial charge is 0.466 e. The van der Waals surface area contributed by atoms with Gasteiger partial charge in [-0.05, 0) is 31.2 Å². The maximum atomic E-state index is 12.3. The molecule has 0 aliphatic rings. The van der Waals surface area contributed by atoms with Gasteiger partial charge in [0.1, 0.15) is 5.69 Å². The van der Waals surface area contributed by atoms with Crippen LogP contribution in [0.2, 0.25) is 0 Å². The van der Waals surface area contributed by atoms with E-state index in [1.165, 1.54) is 11.3 Å². The number of nitrogens with one attached hydrogen (secondary N) is 2. The summed E-state index contributed by atoms with van der Waals surface area (Å²) < 4.78 is 5.83. The van der Waals surface area contributed by atoms with Crippen molar-refractivity contribution in [3.63, 3.8) is 0 Å². The SMILES string of the molecule is CCOC(=O)Cc1csc(NC(=O)c2cc3cc(Br)ccc3[nH]2)n1. The van der Waals surface area contributed by atoms with Gasteiger partial charge in [-0.15, -0.1) is 11.3 Å². The van der Waals surface area contributed by atoms with Crippen LogP contribution in [-0.2, 0) is 16.0 Å². The molecule has 2 heterocycles. The number of thiazole rings is 1. The highest BCUT2D eigenvalue weighted by Gasteiger charge is 2.13. The van der Waals surface area contributed by atoms with Crippen LogP contribution in [0, 0.1) is 0 Å². The number of ether oxygens (including phenoxy) is 1. The van der Waals surface area contributed by atoms with E-state index in [9.17, 15) is 9.59 Å². The number of aromatic nitrogens is 2. The third kappa shape index (κ3) is 3.82. The molecule has 0 aliphatic heterocycles. The standard InChI is InChI=1S/C16H14BrN3O3S/c1-2-23-14(21)7-11-8-24-16(18-11)20-15(22)13-6-9-5-10(17)3-4-12(9)19-13/h3-6,8,19H,2,7H2,1H3,(H,18,20,22). The fraction of sp³-hybridized carbons (Fsp3) is 0.188. The number of aromatic amines is 1. The summed E-state index contributed by atoms with van der Waals surface area (Å²) in [6.45, 7) is 2.09. The van der Waals surface area contributed by atoms with E-state index in [-0.39, 0.29) is 18.3 Å². The van der Waals surface area contributed by atoms with E-state index in [1.807, 2.05) is 18.2 Å². The number of carbonyl (C=O) groups excluding carboxylic acids is 2. The summed E-state index contributed by atoms with van der Waals surface area (Å²) >= 11 is 4.68. The lowest BCUT2D eigenvalue weighted by molar-refractivity contribution is -0.142. The molecule has 0 saturated heterocycles. The lowest BCUT2D eigenvalue weighted by Gasteiger charge is -1.99. The third-order valence-electron chi connectivity index (χ3n) is 3.23. The number of nitrogens with zero attached hydrogens (tertiary/aromatic N) is 1. The lowest BCUT2D eigenvalue weighted by Crippen LogP contribution is -2.12. The minimum absolute atomic E-state index is 0.0978. The van der Waals surface area contributed by atoms with Crippen LogP contribution in [0.5, 0.6) is 0 Å². The Morgan fingerprint density at radius 3 is 3.00 bits per heavy atom. The molecule has 0 aliphatic carbocycles. The molecule has 124 valence electrons. The molecule has 0 atom stereocenters. The van der Waals surface area contributed by atoms with E-state index in [0.29, 0.717) is 23.1 Å². The Bertz CT molecular complexity index is 903. The lowest BCUT2D eigenvalue weighted by atomic mass is 10.2. The second-order valence-electron chi connectivity index (χ2n) is 4.99. The summed E-state index contributed by atoms with van der Waals surface area (Å²) in [5.74, 6) is -0.610. The van der Waals surface area contributed by atoms with E-state index < -0.39 is 0 Å². The molecule has 0 unspecified atom stereocenters. The van der Waals surface area contributed by atoms with Crippen molar-refractivity contribution in [3.8, 4) is 0 Å². The van der Waals surface area contributed by atoms with Crippen molar-refractivity contribution < 1.29 is 14.3 Å². The van der Waals surface area contributed by atoms with Crippen molar-refractivity contribution in [2.24, 2.45) is 0 Å². The first-order valence-corrected chi connectivity index (χ1v) is 8.92. The molecule has 0 bridgehead atoms. The van der Waals surface area contributed by atoms with Gasteiger partial charge in [0.05, 0.1) is 18.7 Å². The van der Waals surface area contributed by atoms with Gasteiger partial charge >= 0.3 is 5.97 Å². The number of fused-ring (bicyclic) bond motifs is 1. The normalized spacial score (nSPS) is 10.8. The number of hydrogen-bond donors (Lipinski definition) is 2. The van der Waals surface area contributed by atoms with Gasteiger partial charge in [0.25, 0.3) is 5.91 Å². The summed E-state index contributed by atoms with van der Waals surface area (Å²) in [6.07, 6.45) is 0.0978. The second-order valence-corrected chi connectivity index (χ2v) is 6.77. The maximum absolute atomic E-state index is 12.3. The number of rotatable bonds is 5. The predicted molar refractivity (Wildman–Crippen MR) is 96.4 cm³/mol. The van der Waals surface area contributed by atoms with Crippen molar-refractivity contribution in [1.29, 1.82) is 0 Å². The molecular weight excluding hydrogens is 394 g/mol. The van der Waals surface area contributed by atoms with Crippen molar-refractivity contribution in [2.75, 3.05) is 11.9 Å². The highest BCUT2D eigenvalue weighted by molar-refractivity contribution is 9.10. The number of halogens is 1. The monoisotopic (exact) mass is 407 g/mol. The molecule has 6 nitrogen and oxygen atoms in total. The average molecular weight is 408 g/mol. The molecular formula is C16H14BrN3O3S. The van der Waals surface area contributed by atoms with Gasteiger partial charge in [0, 0.05) is 20.8 Å². The van der Waals surface area contributed by atoms with Gasteiger partial charge in [0.15, 0.2) is 5.13 Å². The first-order chi connectivity index (χ1) is 11.5. The molecule has 8 heteroatoms. The topological polar surface area (TPSA) is 84.1 Å². The van der Waals surface area contributed by atoms with Crippen molar-refractivity contribution >= 4 is 55.2 Å². The Balaban J connectivity index is 1.69.